The summed E-state index contributed by atoms with van der Waals surface area (Å²) in [6.45, 7) is 5.20. The van der Waals surface area contributed by atoms with Crippen LogP contribution < -0.4 is 10.6 Å². The predicted octanol–water partition coefficient (Wildman–Crippen LogP) is 11.8. The minimum absolute atomic E-state index is 0.356. The van der Waals surface area contributed by atoms with E-state index in [9.17, 15) is 20.0 Å². The maximum Gasteiger partial charge on any atom is 0.339 e. The van der Waals surface area contributed by atoms with E-state index in [4.69, 9.17) is 32.7 Å². The fraction of sp³-hybridized carbons (Fsp3) is 0.370. The van der Waals surface area contributed by atoms with Crippen molar-refractivity contribution in [1.82, 2.24) is 19.3 Å². The van der Waals surface area contributed by atoms with Gasteiger partial charge in [-0.15, -0.1) is 0 Å². The van der Waals surface area contributed by atoms with Crippen molar-refractivity contribution in [2.24, 2.45) is 10.8 Å². The highest BCUT2D eigenvalue weighted by atomic mass is 35.5. The van der Waals surface area contributed by atoms with E-state index >= 15 is 0 Å². The van der Waals surface area contributed by atoms with Gasteiger partial charge in [0.25, 0.3) is 0 Å². The number of anilines is 2. The Hall–Kier alpha value is -5.60. The van der Waals surface area contributed by atoms with Crippen LogP contribution in [-0.2, 0) is 25.5 Å². The smallest absolute Gasteiger partial charge is 0.339 e. The van der Waals surface area contributed by atoms with Gasteiger partial charge in [0, 0.05) is 46.7 Å². The number of halogens is 2. The van der Waals surface area contributed by atoms with E-state index in [0.717, 1.165) is 75.6 Å². The van der Waals surface area contributed by atoms with Gasteiger partial charge in [-0.3, -0.25) is 0 Å². The van der Waals surface area contributed by atoms with Crippen molar-refractivity contribution in [1.29, 1.82) is 0 Å². The van der Waals surface area contributed by atoms with Gasteiger partial charge in [-0.2, -0.15) is 10.1 Å². The Kier molecular flexibility index (Phi) is 11.3. The number of aromatic nitrogens is 2. The fourth-order valence-corrected chi connectivity index (χ4v) is 13.5. The average molecular weight is 956 g/mol. The highest BCUT2D eigenvalue weighted by Crippen LogP contribution is 2.59. The molecule has 0 aliphatic carbocycles. The number of nitrogens with one attached hydrogen (secondary N) is 2. The number of carbonyl (C=O) groups is 2. The number of fused-ring (bicyclic) bond motifs is 11. The maximum atomic E-state index is 14.6. The van der Waals surface area contributed by atoms with Crippen LogP contribution in [0.1, 0.15) is 105 Å². The SMILES string of the molecule is CC[C@]12C=C(C(=O)OC)c3c(CC4Nc5c(Cl)cccc5C(Nc5ccccc5Cl)C4c4c5n(c6ccccc46)[C@H]4N(O)CCC[C@@]4(CC)C=C5C(=O)OC)c4ccccc4n3[C@H]1N(O)CCC2. The molecule has 3 unspecified atom stereocenters. The third kappa shape index (κ3) is 6.62. The van der Waals surface area contributed by atoms with Gasteiger partial charge in [0.1, 0.15) is 12.3 Å². The first-order valence-electron chi connectivity index (χ1n) is 23.8. The zero-order valence-electron chi connectivity index (χ0n) is 38.6. The number of rotatable bonds is 9. The van der Waals surface area contributed by atoms with Crippen molar-refractivity contribution in [3.63, 3.8) is 0 Å². The summed E-state index contributed by atoms with van der Waals surface area (Å²) in [4.78, 5) is 28.9. The predicted molar refractivity (Wildman–Crippen MR) is 266 cm³/mol. The first-order chi connectivity index (χ1) is 33.0. The van der Waals surface area contributed by atoms with Crippen LogP contribution in [0.3, 0.4) is 0 Å². The standard InChI is InChI=1S/C54H56Cl2N6O6/c1-5-53-24-14-26-59(65)51(53)61-41-22-11-7-16-31(41)34(47(61)35(29-53)49(63)67-3)28-40-44(46(57-39-21-10-9-19-37(39)55)33-18-13-20-38(56)45(33)58-40)43-32-17-8-12-23-42(32)62-48(43)36(50(64)68-4)30-54(6-2)25-15-27-60(66)52(54)62/h7-13,16-23,29-30,40,44,46,51-52,57-58,65-66H,5-6,14-15,24-28H2,1-4H3/t40?,44?,46?,51-,52-,53+,54+/m1/s1. The quantitative estimate of drug-likeness (QED) is 0.104. The molecule has 0 saturated carbocycles. The molecule has 4 aromatic carbocycles. The molecular weight excluding hydrogens is 900 g/mol. The number of carbonyl (C=O) groups excluding carboxylic acids is 2. The number of esters is 2. The summed E-state index contributed by atoms with van der Waals surface area (Å²) in [7, 11) is 2.84. The number of piperidine rings is 2. The number of hydrogen-bond donors (Lipinski definition) is 4. The number of para-hydroxylation sites is 4. The maximum absolute atomic E-state index is 14.6. The molecule has 2 saturated heterocycles. The Balaban J connectivity index is 1.23. The van der Waals surface area contributed by atoms with Crippen LogP contribution >= 0.6 is 23.2 Å². The van der Waals surface area contributed by atoms with E-state index in [-0.39, 0.29) is 0 Å². The fourth-order valence-electron chi connectivity index (χ4n) is 13.0. The summed E-state index contributed by atoms with van der Waals surface area (Å²) in [5, 5.41) is 37.7. The summed E-state index contributed by atoms with van der Waals surface area (Å²) in [6.07, 6.45) is 7.98. The Morgan fingerprint density at radius 3 is 1.88 bits per heavy atom. The Morgan fingerprint density at radius 1 is 0.721 bits per heavy atom. The van der Waals surface area contributed by atoms with Crippen LogP contribution in [0, 0.1) is 10.8 Å². The number of benzene rings is 4. The number of hydrogen-bond acceptors (Lipinski definition) is 10. The molecule has 5 aliphatic heterocycles. The first kappa shape index (κ1) is 44.9. The molecule has 6 aromatic rings. The van der Waals surface area contributed by atoms with Gasteiger partial charge in [0.15, 0.2) is 0 Å². The molecule has 0 bridgehead atoms. The highest BCUT2D eigenvalue weighted by molar-refractivity contribution is 6.34. The number of methoxy groups -OCH3 is 2. The molecule has 7 atom stereocenters. The largest absolute Gasteiger partial charge is 0.465 e. The summed E-state index contributed by atoms with van der Waals surface area (Å²) in [6, 6.07) is 29.0. The topological polar surface area (TPSA) is 133 Å². The molecule has 5 aliphatic rings. The molecule has 12 nitrogen and oxygen atoms in total. The van der Waals surface area contributed by atoms with Gasteiger partial charge < -0.3 is 39.7 Å². The molecule has 0 radical (unpaired) electrons. The molecule has 352 valence electrons. The lowest BCUT2D eigenvalue weighted by Gasteiger charge is -2.50. The van der Waals surface area contributed by atoms with Gasteiger partial charge in [-0.05, 0) is 92.0 Å². The molecule has 2 fully saturated rings. The third-order valence-corrected chi connectivity index (χ3v) is 16.7. The van der Waals surface area contributed by atoms with Crippen LogP contribution in [-0.4, -0.2) is 75.0 Å². The first-order valence-corrected chi connectivity index (χ1v) is 24.6. The van der Waals surface area contributed by atoms with Gasteiger partial charge >= 0.3 is 11.9 Å². The van der Waals surface area contributed by atoms with Crippen molar-refractivity contribution >= 4 is 79.5 Å². The lowest BCUT2D eigenvalue weighted by atomic mass is 9.70. The molecule has 7 heterocycles. The van der Waals surface area contributed by atoms with Gasteiger partial charge in [0.2, 0.25) is 0 Å². The van der Waals surface area contributed by atoms with Crippen molar-refractivity contribution in [2.45, 2.75) is 89.1 Å². The number of nitrogens with zero attached hydrogens (tertiary/aromatic N) is 4. The molecule has 2 aromatic heterocycles. The van der Waals surface area contributed by atoms with Gasteiger partial charge in [0.05, 0.1) is 75.2 Å². The minimum atomic E-state index is -0.573. The van der Waals surface area contributed by atoms with E-state index in [0.29, 0.717) is 64.9 Å². The zero-order chi connectivity index (χ0) is 47.2. The molecule has 68 heavy (non-hydrogen) atoms. The Bertz CT molecular complexity index is 3090. The normalized spacial score (nSPS) is 26.6. The van der Waals surface area contributed by atoms with Gasteiger partial charge in [-0.25, -0.2) is 9.59 Å². The average Bonchev–Trinajstić information content (AvgIpc) is 3.86. The van der Waals surface area contributed by atoms with Crippen LogP contribution in [0.15, 0.2) is 103 Å². The number of hydroxylamine groups is 4. The van der Waals surface area contributed by atoms with Crippen LogP contribution in [0.5, 0.6) is 0 Å². The van der Waals surface area contributed by atoms with Crippen molar-refractivity contribution < 1.29 is 29.5 Å². The second-order valence-corrected chi connectivity index (χ2v) is 20.0. The Morgan fingerprint density at radius 2 is 1.26 bits per heavy atom. The number of ether oxygens (including phenoxy) is 2. The summed E-state index contributed by atoms with van der Waals surface area (Å²) in [5.74, 6) is -1.41. The van der Waals surface area contributed by atoms with E-state index in [2.05, 4.69) is 76.1 Å². The van der Waals surface area contributed by atoms with Crippen molar-refractivity contribution in [3.05, 3.63) is 141 Å². The molecule has 0 spiro atoms. The lowest BCUT2D eigenvalue weighted by Crippen LogP contribution is -2.49. The van der Waals surface area contributed by atoms with E-state index in [1.807, 2.05) is 60.7 Å². The van der Waals surface area contributed by atoms with E-state index in [1.54, 1.807) is 0 Å². The highest BCUT2D eigenvalue weighted by Gasteiger charge is 2.53. The van der Waals surface area contributed by atoms with Gasteiger partial charge in [-0.1, -0.05) is 110 Å². The second-order valence-electron chi connectivity index (χ2n) is 19.2. The van der Waals surface area contributed by atoms with Crippen molar-refractivity contribution in [2.75, 3.05) is 37.9 Å². The molecule has 11 rings (SSSR count). The third-order valence-electron chi connectivity index (χ3n) is 16.1. The van der Waals surface area contributed by atoms with Crippen LogP contribution in [0.4, 0.5) is 11.4 Å². The van der Waals surface area contributed by atoms with Crippen LogP contribution in [0.25, 0.3) is 33.0 Å². The van der Waals surface area contributed by atoms with E-state index in [1.165, 1.54) is 24.3 Å². The van der Waals surface area contributed by atoms with Crippen molar-refractivity contribution in [3.8, 4) is 0 Å². The van der Waals surface area contributed by atoms with E-state index < -0.39 is 53.1 Å². The molecule has 4 N–H and O–H groups in total. The monoisotopic (exact) mass is 954 g/mol. The second kappa shape index (κ2) is 17.1. The summed E-state index contributed by atoms with van der Waals surface area (Å²) >= 11 is 14.3. The summed E-state index contributed by atoms with van der Waals surface area (Å²) in [5.41, 5.74) is 7.07. The minimum Gasteiger partial charge on any atom is -0.465 e. The van der Waals surface area contributed by atoms with Crippen LogP contribution in [0.2, 0.25) is 10.0 Å². The molecular formula is C54H56Cl2N6O6. The Labute approximate surface area is 405 Å². The zero-order valence-corrected chi connectivity index (χ0v) is 40.1. The molecule has 0 amide bonds. The summed E-state index contributed by atoms with van der Waals surface area (Å²) < 4.78 is 15.7. The molecule has 14 heteroatoms. The lowest BCUT2D eigenvalue weighted by molar-refractivity contribution is -0.203.